The third kappa shape index (κ3) is 14.8. The van der Waals surface area contributed by atoms with Crippen LogP contribution in [0.3, 0.4) is 0 Å². The first-order chi connectivity index (χ1) is 12.9. The summed E-state index contributed by atoms with van der Waals surface area (Å²) >= 11 is 0. The van der Waals surface area contributed by atoms with Gasteiger partial charge in [-0.1, -0.05) is 109 Å². The second-order valence-electron chi connectivity index (χ2n) is 7.76. The average Bonchev–Trinajstić information content (AvgIpc) is 2.68. The quantitative estimate of drug-likeness (QED) is 0.210. The van der Waals surface area contributed by atoms with E-state index >= 15 is 0 Å². The first-order valence-corrected chi connectivity index (χ1v) is 11.3. The number of rotatable bonds is 18. The van der Waals surface area contributed by atoms with Crippen LogP contribution < -0.4 is 17.0 Å². The Hall–Kier alpha value is -0.890. The molecule has 3 heteroatoms. The van der Waals surface area contributed by atoms with E-state index in [1.807, 2.05) is 18.3 Å². The maximum absolute atomic E-state index is 11.0. The molecular formula is C24H42ClNO. The molecule has 0 radical (unpaired) electrons. The molecule has 0 unspecified atom stereocenters. The monoisotopic (exact) mass is 395 g/mol. The number of pyridine rings is 1. The number of unbranched alkanes of at least 4 members (excludes halogenated alkanes) is 15. The summed E-state index contributed by atoms with van der Waals surface area (Å²) in [6.45, 7) is 2.29. The molecule has 0 aromatic carbocycles. The zero-order chi connectivity index (χ0) is 18.7. The lowest BCUT2D eigenvalue weighted by atomic mass is 10.0. The van der Waals surface area contributed by atoms with Crippen molar-refractivity contribution in [2.75, 3.05) is 0 Å². The molecule has 1 rings (SSSR count). The molecule has 1 aromatic rings. The molecule has 0 N–H and O–H groups in total. The van der Waals surface area contributed by atoms with E-state index in [1.54, 1.807) is 4.57 Å². The summed E-state index contributed by atoms with van der Waals surface area (Å²) in [6, 6.07) is 5.98. The van der Waals surface area contributed by atoms with Gasteiger partial charge in [0.1, 0.15) is 0 Å². The van der Waals surface area contributed by atoms with Gasteiger partial charge in [-0.15, -0.1) is 4.57 Å². The van der Waals surface area contributed by atoms with Crippen LogP contribution in [0.15, 0.2) is 24.4 Å². The molecule has 0 amide bonds. The van der Waals surface area contributed by atoms with Crippen molar-refractivity contribution in [3.05, 3.63) is 30.1 Å². The number of carbonyl (C=O) groups is 1. The fraction of sp³-hybridized carbons (Fsp3) is 0.750. The number of aryl methyl sites for hydroxylation is 1. The van der Waals surface area contributed by atoms with Crippen molar-refractivity contribution < 1.29 is 21.8 Å². The Bertz CT molecular complexity index is 450. The van der Waals surface area contributed by atoms with E-state index in [4.69, 9.17) is 0 Å². The molecule has 1 heterocycles. The first-order valence-electron chi connectivity index (χ1n) is 11.3. The van der Waals surface area contributed by atoms with Gasteiger partial charge in [-0.3, -0.25) is 0 Å². The third-order valence-electron chi connectivity index (χ3n) is 5.38. The van der Waals surface area contributed by atoms with Crippen LogP contribution in [0.2, 0.25) is 0 Å². The summed E-state index contributed by atoms with van der Waals surface area (Å²) in [5.41, 5.74) is 1.13. The van der Waals surface area contributed by atoms with Crippen molar-refractivity contribution >= 4 is 6.41 Å². The maximum Gasteiger partial charge on any atom is 0.380 e. The van der Waals surface area contributed by atoms with Gasteiger partial charge in [0.25, 0.3) is 0 Å². The van der Waals surface area contributed by atoms with Crippen LogP contribution in [0.5, 0.6) is 0 Å². The fourth-order valence-electron chi connectivity index (χ4n) is 3.66. The Kier molecular flexibility index (Phi) is 19.2. The van der Waals surface area contributed by atoms with Crippen molar-refractivity contribution in [1.82, 2.24) is 0 Å². The van der Waals surface area contributed by atoms with Crippen molar-refractivity contribution in [1.29, 1.82) is 0 Å². The predicted molar refractivity (Wildman–Crippen MR) is 112 cm³/mol. The highest BCUT2D eigenvalue weighted by Gasteiger charge is 2.07. The highest BCUT2D eigenvalue weighted by Crippen LogP contribution is 2.14. The second kappa shape index (κ2) is 19.9. The number of nitrogens with zero attached hydrogens (tertiary/aromatic N) is 1. The van der Waals surface area contributed by atoms with Crippen molar-refractivity contribution in [3.63, 3.8) is 0 Å². The molecule has 1 aromatic heterocycles. The van der Waals surface area contributed by atoms with Gasteiger partial charge in [0.2, 0.25) is 0 Å². The van der Waals surface area contributed by atoms with Gasteiger partial charge in [0.05, 0.1) is 0 Å². The Morgan fingerprint density at radius 3 is 1.59 bits per heavy atom. The molecule has 156 valence electrons. The van der Waals surface area contributed by atoms with Gasteiger partial charge in [-0.05, 0) is 6.42 Å². The van der Waals surface area contributed by atoms with Crippen molar-refractivity contribution in [2.24, 2.45) is 0 Å². The smallest absolute Gasteiger partial charge is 0.380 e. The summed E-state index contributed by atoms with van der Waals surface area (Å²) in [5.74, 6) is 0. The third-order valence-corrected chi connectivity index (χ3v) is 5.38. The van der Waals surface area contributed by atoms with Crippen LogP contribution in [-0.2, 0) is 11.2 Å². The fourth-order valence-corrected chi connectivity index (χ4v) is 3.66. The molecular weight excluding hydrogens is 354 g/mol. The van der Waals surface area contributed by atoms with Crippen LogP contribution in [-0.4, -0.2) is 6.41 Å². The topological polar surface area (TPSA) is 20.9 Å². The molecule has 0 bridgehead atoms. The van der Waals surface area contributed by atoms with Gasteiger partial charge < -0.3 is 12.4 Å². The van der Waals surface area contributed by atoms with Gasteiger partial charge in [0, 0.05) is 18.6 Å². The van der Waals surface area contributed by atoms with Gasteiger partial charge in [-0.2, -0.15) is 0 Å². The Labute approximate surface area is 174 Å². The number of hydrogen-bond acceptors (Lipinski definition) is 1. The van der Waals surface area contributed by atoms with Crippen LogP contribution >= 0.6 is 0 Å². The minimum atomic E-state index is 0. The summed E-state index contributed by atoms with van der Waals surface area (Å²) < 4.78 is 1.70. The van der Waals surface area contributed by atoms with Crippen molar-refractivity contribution in [2.45, 2.75) is 116 Å². The van der Waals surface area contributed by atoms with Gasteiger partial charge in [-0.25, -0.2) is 4.79 Å². The average molecular weight is 396 g/mol. The molecule has 27 heavy (non-hydrogen) atoms. The van der Waals surface area contributed by atoms with Crippen LogP contribution in [0, 0.1) is 0 Å². The largest absolute Gasteiger partial charge is 1.00 e. The highest BCUT2D eigenvalue weighted by molar-refractivity contribution is 5.35. The summed E-state index contributed by atoms with van der Waals surface area (Å²) in [6.07, 6.45) is 26.1. The minimum Gasteiger partial charge on any atom is -1.00 e. The zero-order valence-electron chi connectivity index (χ0n) is 17.6. The molecule has 0 saturated carbocycles. The molecule has 2 nitrogen and oxygen atoms in total. The lowest BCUT2D eigenvalue weighted by molar-refractivity contribution is -0.562. The molecule has 0 saturated heterocycles. The van der Waals surface area contributed by atoms with E-state index in [0.717, 1.165) is 18.5 Å². The first kappa shape index (κ1) is 26.1. The minimum absolute atomic E-state index is 0. The van der Waals surface area contributed by atoms with E-state index in [2.05, 4.69) is 13.0 Å². The van der Waals surface area contributed by atoms with Crippen LogP contribution in [0.1, 0.15) is 115 Å². The van der Waals surface area contributed by atoms with Gasteiger partial charge in [0.15, 0.2) is 11.9 Å². The number of halogens is 1. The number of aromatic nitrogens is 1. The number of hydrogen-bond donors (Lipinski definition) is 0. The van der Waals surface area contributed by atoms with E-state index < -0.39 is 0 Å². The Morgan fingerprint density at radius 2 is 1.15 bits per heavy atom. The molecule has 0 aliphatic heterocycles. The molecule has 0 atom stereocenters. The second-order valence-corrected chi connectivity index (χ2v) is 7.76. The van der Waals surface area contributed by atoms with Crippen molar-refractivity contribution in [3.8, 4) is 0 Å². The lowest BCUT2D eigenvalue weighted by Gasteiger charge is -2.03. The lowest BCUT2D eigenvalue weighted by Crippen LogP contribution is -3.00. The standard InChI is InChI=1S/C24H42NO.ClH/c1-2-3-4-5-6-7-8-9-10-11-12-13-14-15-16-17-20-24-21-18-19-22-25(24)23-26;/h18-19,21-23H,2-17,20H2,1H3;1H/q+1;/p-1. The predicted octanol–water partition coefficient (Wildman–Crippen LogP) is 3.82. The van der Waals surface area contributed by atoms with Crippen LogP contribution in [0.4, 0.5) is 0 Å². The maximum atomic E-state index is 11.0. The van der Waals surface area contributed by atoms with Gasteiger partial charge >= 0.3 is 6.41 Å². The highest BCUT2D eigenvalue weighted by atomic mass is 35.5. The molecule has 0 aliphatic rings. The Morgan fingerprint density at radius 1 is 0.704 bits per heavy atom. The molecule has 0 fully saturated rings. The van der Waals surface area contributed by atoms with E-state index in [9.17, 15) is 4.79 Å². The summed E-state index contributed by atoms with van der Waals surface area (Å²) in [4.78, 5) is 11.0. The van der Waals surface area contributed by atoms with E-state index in [-0.39, 0.29) is 12.4 Å². The Balaban J connectivity index is 0.00000676. The summed E-state index contributed by atoms with van der Waals surface area (Å²) in [7, 11) is 0. The molecule has 0 aliphatic carbocycles. The SMILES string of the molecule is CCCCCCCCCCCCCCCCCCc1cccc[n+]1C=O.[Cl-]. The normalized spacial score (nSPS) is 10.6. The zero-order valence-corrected chi connectivity index (χ0v) is 18.4. The van der Waals surface area contributed by atoms with E-state index in [1.165, 1.54) is 103 Å². The summed E-state index contributed by atoms with van der Waals surface area (Å²) in [5, 5.41) is 0. The molecule has 0 spiro atoms. The number of carbonyl (C=O) groups excluding carboxylic acids is 1. The van der Waals surface area contributed by atoms with Crippen LogP contribution in [0.25, 0.3) is 0 Å². The van der Waals surface area contributed by atoms with E-state index in [0.29, 0.717) is 0 Å².